The first-order valence-electron chi connectivity index (χ1n) is 5.34. The van der Waals surface area contributed by atoms with E-state index >= 15 is 0 Å². The third-order valence-corrected chi connectivity index (χ3v) is 2.86. The van der Waals surface area contributed by atoms with Crippen molar-refractivity contribution >= 4 is 28.5 Å². The number of carbonyl (C=O) groups is 1. The van der Waals surface area contributed by atoms with Crippen LogP contribution in [0, 0.1) is 0 Å². The van der Waals surface area contributed by atoms with Gasteiger partial charge in [0.2, 0.25) is 0 Å². The molecule has 2 aromatic rings. The van der Waals surface area contributed by atoms with E-state index in [1.807, 2.05) is 0 Å². The molecule has 0 bridgehead atoms. The molecule has 1 heterocycles. The van der Waals surface area contributed by atoms with Crippen LogP contribution >= 0.6 is 11.6 Å². The van der Waals surface area contributed by atoms with E-state index in [9.17, 15) is 9.59 Å². The molecular formula is C12H12ClNO3. The SMILES string of the molecule is CC(=O)c1ccc2c(c1)oc(=O)n2CCCCl. The maximum Gasteiger partial charge on any atom is 0.419 e. The number of oxazole rings is 1. The van der Waals surface area contributed by atoms with Gasteiger partial charge in [-0.15, -0.1) is 11.6 Å². The summed E-state index contributed by atoms with van der Waals surface area (Å²) in [7, 11) is 0. The molecule has 17 heavy (non-hydrogen) atoms. The zero-order chi connectivity index (χ0) is 12.4. The van der Waals surface area contributed by atoms with Crippen molar-refractivity contribution in [3.8, 4) is 0 Å². The number of benzene rings is 1. The Morgan fingerprint density at radius 2 is 2.24 bits per heavy atom. The van der Waals surface area contributed by atoms with Gasteiger partial charge in [0.1, 0.15) is 0 Å². The van der Waals surface area contributed by atoms with Crippen molar-refractivity contribution in [2.45, 2.75) is 19.9 Å². The number of ketones is 1. The van der Waals surface area contributed by atoms with Crippen molar-refractivity contribution < 1.29 is 9.21 Å². The number of alkyl halides is 1. The summed E-state index contributed by atoms with van der Waals surface area (Å²) in [6.07, 6.45) is 0.699. The lowest BCUT2D eigenvalue weighted by molar-refractivity contribution is 0.101. The predicted molar refractivity (Wildman–Crippen MR) is 65.8 cm³/mol. The molecule has 0 aliphatic carbocycles. The minimum absolute atomic E-state index is 0.0527. The normalized spacial score (nSPS) is 10.9. The highest BCUT2D eigenvalue weighted by Gasteiger charge is 2.10. The Morgan fingerprint density at radius 1 is 1.47 bits per heavy atom. The fourth-order valence-electron chi connectivity index (χ4n) is 1.71. The number of Topliss-reactive ketones (excluding diaryl/α,β-unsaturated/α-hetero) is 1. The Labute approximate surface area is 103 Å². The number of hydrogen-bond acceptors (Lipinski definition) is 3. The maximum absolute atomic E-state index is 11.6. The van der Waals surface area contributed by atoms with Crippen LogP contribution in [0.25, 0.3) is 11.1 Å². The van der Waals surface area contributed by atoms with E-state index in [1.54, 1.807) is 18.2 Å². The molecule has 0 aliphatic rings. The van der Waals surface area contributed by atoms with Crippen LogP contribution in [0.5, 0.6) is 0 Å². The molecule has 0 aliphatic heterocycles. The minimum atomic E-state index is -0.411. The van der Waals surface area contributed by atoms with Gasteiger partial charge in [0, 0.05) is 18.0 Å². The van der Waals surface area contributed by atoms with Crippen LogP contribution in [0.15, 0.2) is 27.4 Å². The van der Waals surface area contributed by atoms with E-state index in [1.165, 1.54) is 11.5 Å². The van der Waals surface area contributed by atoms with E-state index in [-0.39, 0.29) is 5.78 Å². The molecule has 0 N–H and O–H groups in total. The van der Waals surface area contributed by atoms with Crippen LogP contribution in [0.2, 0.25) is 0 Å². The van der Waals surface area contributed by atoms with Gasteiger partial charge in [0.25, 0.3) is 0 Å². The number of aryl methyl sites for hydroxylation is 1. The highest BCUT2D eigenvalue weighted by Crippen LogP contribution is 2.15. The van der Waals surface area contributed by atoms with Crippen molar-refractivity contribution in [2.24, 2.45) is 0 Å². The Hall–Kier alpha value is -1.55. The number of fused-ring (bicyclic) bond motifs is 1. The quantitative estimate of drug-likeness (QED) is 0.621. The third kappa shape index (κ3) is 2.26. The Bertz CT molecular complexity index is 612. The van der Waals surface area contributed by atoms with E-state index in [2.05, 4.69) is 0 Å². The molecule has 0 unspecified atom stereocenters. The zero-order valence-electron chi connectivity index (χ0n) is 9.40. The van der Waals surface area contributed by atoms with Crippen LogP contribution in [-0.4, -0.2) is 16.2 Å². The zero-order valence-corrected chi connectivity index (χ0v) is 10.2. The van der Waals surface area contributed by atoms with Gasteiger partial charge in [0.05, 0.1) is 5.52 Å². The highest BCUT2D eigenvalue weighted by atomic mass is 35.5. The van der Waals surface area contributed by atoms with Crippen molar-refractivity contribution in [3.05, 3.63) is 34.3 Å². The standard InChI is InChI=1S/C12H12ClNO3/c1-8(15)9-3-4-10-11(7-9)17-12(16)14(10)6-2-5-13/h3-4,7H,2,5-6H2,1H3. The molecule has 0 saturated heterocycles. The number of hydrogen-bond donors (Lipinski definition) is 0. The molecule has 0 amide bonds. The summed E-state index contributed by atoms with van der Waals surface area (Å²) in [4.78, 5) is 22.8. The topological polar surface area (TPSA) is 52.2 Å². The van der Waals surface area contributed by atoms with Gasteiger partial charge < -0.3 is 4.42 Å². The van der Waals surface area contributed by atoms with Crippen molar-refractivity contribution in [2.75, 3.05) is 5.88 Å². The molecule has 0 atom stereocenters. The van der Waals surface area contributed by atoms with Crippen molar-refractivity contribution in [3.63, 3.8) is 0 Å². The maximum atomic E-state index is 11.6. The van der Waals surface area contributed by atoms with Crippen LogP contribution in [0.3, 0.4) is 0 Å². The van der Waals surface area contributed by atoms with Gasteiger partial charge in [-0.2, -0.15) is 0 Å². The van der Waals surface area contributed by atoms with Crippen molar-refractivity contribution in [1.82, 2.24) is 4.57 Å². The third-order valence-electron chi connectivity index (χ3n) is 2.59. The molecule has 1 aromatic carbocycles. The Morgan fingerprint density at radius 3 is 2.88 bits per heavy atom. The summed E-state index contributed by atoms with van der Waals surface area (Å²) in [5.74, 6) is 0.0267. The molecule has 5 heteroatoms. The summed E-state index contributed by atoms with van der Waals surface area (Å²) in [5.41, 5.74) is 1.68. The molecule has 2 rings (SSSR count). The summed E-state index contributed by atoms with van der Waals surface area (Å²) in [5, 5.41) is 0. The molecule has 90 valence electrons. The lowest BCUT2D eigenvalue weighted by atomic mass is 10.1. The molecule has 0 saturated carbocycles. The summed E-state index contributed by atoms with van der Waals surface area (Å²) in [6, 6.07) is 5.01. The van der Waals surface area contributed by atoms with Crippen LogP contribution in [0.1, 0.15) is 23.7 Å². The second-order valence-electron chi connectivity index (χ2n) is 3.80. The van der Waals surface area contributed by atoms with Crippen LogP contribution < -0.4 is 5.76 Å². The summed E-state index contributed by atoms with van der Waals surface area (Å²) >= 11 is 5.60. The van der Waals surface area contributed by atoms with Crippen molar-refractivity contribution in [1.29, 1.82) is 0 Å². The number of aromatic nitrogens is 1. The van der Waals surface area contributed by atoms with Gasteiger partial charge >= 0.3 is 5.76 Å². The monoisotopic (exact) mass is 253 g/mol. The fourth-order valence-corrected chi connectivity index (χ4v) is 1.83. The Kier molecular flexibility index (Phi) is 3.33. The molecule has 0 radical (unpaired) electrons. The van der Waals surface area contributed by atoms with Crippen LogP contribution in [0.4, 0.5) is 0 Å². The minimum Gasteiger partial charge on any atom is -0.408 e. The first-order valence-corrected chi connectivity index (χ1v) is 5.87. The average Bonchev–Trinajstić information content (AvgIpc) is 2.61. The number of rotatable bonds is 4. The number of carbonyl (C=O) groups excluding carboxylic acids is 1. The largest absolute Gasteiger partial charge is 0.419 e. The molecule has 1 aromatic heterocycles. The number of halogens is 1. The average molecular weight is 254 g/mol. The molecule has 0 fully saturated rings. The van der Waals surface area contributed by atoms with Gasteiger partial charge in [-0.1, -0.05) is 0 Å². The summed E-state index contributed by atoms with van der Waals surface area (Å²) in [6.45, 7) is 2.00. The fraction of sp³-hybridized carbons (Fsp3) is 0.333. The first-order chi connectivity index (χ1) is 8.13. The van der Waals surface area contributed by atoms with E-state index in [4.69, 9.17) is 16.0 Å². The van der Waals surface area contributed by atoms with Gasteiger partial charge in [-0.25, -0.2) is 4.79 Å². The van der Waals surface area contributed by atoms with E-state index < -0.39 is 5.76 Å². The molecule has 0 spiro atoms. The molecular weight excluding hydrogens is 242 g/mol. The van der Waals surface area contributed by atoms with E-state index in [0.29, 0.717) is 35.5 Å². The Balaban J connectivity index is 2.52. The lowest BCUT2D eigenvalue weighted by Gasteiger charge is -2.00. The van der Waals surface area contributed by atoms with Gasteiger partial charge in [0.15, 0.2) is 11.4 Å². The highest BCUT2D eigenvalue weighted by molar-refractivity contribution is 6.17. The second kappa shape index (κ2) is 4.75. The van der Waals surface area contributed by atoms with E-state index in [0.717, 1.165) is 0 Å². The lowest BCUT2D eigenvalue weighted by Crippen LogP contribution is -2.14. The first kappa shape index (κ1) is 11.9. The number of nitrogens with zero attached hydrogens (tertiary/aromatic N) is 1. The molecule has 4 nitrogen and oxygen atoms in total. The van der Waals surface area contributed by atoms with Gasteiger partial charge in [-0.3, -0.25) is 9.36 Å². The second-order valence-corrected chi connectivity index (χ2v) is 4.18. The smallest absolute Gasteiger partial charge is 0.408 e. The summed E-state index contributed by atoms with van der Waals surface area (Å²) < 4.78 is 6.63. The predicted octanol–water partition coefficient (Wildman–Crippen LogP) is 2.43. The van der Waals surface area contributed by atoms with Crippen LogP contribution in [-0.2, 0) is 6.54 Å². The van der Waals surface area contributed by atoms with Gasteiger partial charge in [-0.05, 0) is 31.5 Å².